The molecule has 2 N–H and O–H groups in total. The molecule has 0 atom stereocenters. The van der Waals surface area contributed by atoms with Gasteiger partial charge in [-0.25, -0.2) is 13.1 Å². The fourth-order valence-corrected chi connectivity index (χ4v) is 0.927. The fraction of sp³-hybridized carbons (Fsp3) is 1.00. The average molecular weight is 206 g/mol. The van der Waals surface area contributed by atoms with Crippen molar-refractivity contribution in [2.45, 2.75) is 5.51 Å². The van der Waals surface area contributed by atoms with Crippen LogP contribution < -0.4 is 10.0 Å². The highest BCUT2D eigenvalue weighted by Gasteiger charge is 2.45. The largest absolute Gasteiger partial charge is 0.511 e. The number of alkyl halides is 3. The van der Waals surface area contributed by atoms with E-state index in [1.54, 1.807) is 0 Å². The molecular formula is C4H9F3N2O2S. The van der Waals surface area contributed by atoms with Crippen LogP contribution in [0.2, 0.25) is 0 Å². The van der Waals surface area contributed by atoms with Gasteiger partial charge in [0.1, 0.15) is 0 Å². The Labute approximate surface area is 68.2 Å². The van der Waals surface area contributed by atoms with Gasteiger partial charge in [0.15, 0.2) is 0 Å². The summed E-state index contributed by atoms with van der Waals surface area (Å²) >= 11 is 0. The van der Waals surface area contributed by atoms with E-state index in [0.29, 0.717) is 0 Å². The van der Waals surface area contributed by atoms with Gasteiger partial charge in [0, 0.05) is 13.1 Å². The predicted molar refractivity (Wildman–Crippen MR) is 36.9 cm³/mol. The number of sulfonamides is 1. The van der Waals surface area contributed by atoms with Crippen LogP contribution in [0.15, 0.2) is 0 Å². The summed E-state index contributed by atoms with van der Waals surface area (Å²) < 4.78 is 56.7. The zero-order valence-electron chi connectivity index (χ0n) is 6.27. The second-order valence-corrected chi connectivity index (χ2v) is 3.71. The van der Waals surface area contributed by atoms with Crippen LogP contribution in [-0.2, 0) is 10.0 Å². The Kier molecular flexibility index (Phi) is 3.94. The van der Waals surface area contributed by atoms with Crippen LogP contribution in [0.5, 0.6) is 0 Å². The topological polar surface area (TPSA) is 58.2 Å². The van der Waals surface area contributed by atoms with Gasteiger partial charge in [-0.1, -0.05) is 0 Å². The highest BCUT2D eigenvalue weighted by molar-refractivity contribution is 7.90. The lowest BCUT2D eigenvalue weighted by atomic mass is 10.7. The van der Waals surface area contributed by atoms with E-state index in [-0.39, 0.29) is 13.1 Å². The molecule has 12 heavy (non-hydrogen) atoms. The molecule has 0 aliphatic carbocycles. The second kappa shape index (κ2) is 4.06. The molecule has 0 aromatic heterocycles. The summed E-state index contributed by atoms with van der Waals surface area (Å²) in [5.74, 6) is 0. The molecule has 0 spiro atoms. The van der Waals surface area contributed by atoms with E-state index in [1.807, 2.05) is 0 Å². The molecule has 4 nitrogen and oxygen atoms in total. The molecule has 0 aliphatic heterocycles. The average Bonchev–Trinajstić information content (AvgIpc) is 1.85. The van der Waals surface area contributed by atoms with Crippen molar-refractivity contribution in [2.24, 2.45) is 0 Å². The number of nitrogens with one attached hydrogen (secondary N) is 2. The Bertz CT molecular complexity index is 223. The van der Waals surface area contributed by atoms with Gasteiger partial charge < -0.3 is 5.32 Å². The van der Waals surface area contributed by atoms with Gasteiger partial charge >= 0.3 is 15.5 Å². The highest BCUT2D eigenvalue weighted by atomic mass is 32.2. The highest BCUT2D eigenvalue weighted by Crippen LogP contribution is 2.20. The molecule has 0 saturated heterocycles. The van der Waals surface area contributed by atoms with Gasteiger partial charge in [0.2, 0.25) is 0 Å². The zero-order chi connectivity index (χ0) is 9.83. The van der Waals surface area contributed by atoms with Crippen LogP contribution in [0.25, 0.3) is 0 Å². The van der Waals surface area contributed by atoms with E-state index in [4.69, 9.17) is 0 Å². The minimum atomic E-state index is -5.22. The number of rotatable bonds is 4. The van der Waals surface area contributed by atoms with Gasteiger partial charge in [0.05, 0.1) is 0 Å². The fourth-order valence-electron chi connectivity index (χ4n) is 0.392. The first kappa shape index (κ1) is 11.7. The predicted octanol–water partition coefficient (Wildman–Crippen LogP) is -0.355. The normalized spacial score (nSPS) is 13.3. The van der Waals surface area contributed by atoms with E-state index < -0.39 is 15.5 Å². The van der Waals surface area contributed by atoms with Crippen molar-refractivity contribution in [1.29, 1.82) is 0 Å². The zero-order valence-corrected chi connectivity index (χ0v) is 7.09. The van der Waals surface area contributed by atoms with E-state index in [1.165, 1.54) is 11.8 Å². The summed E-state index contributed by atoms with van der Waals surface area (Å²) in [5, 5.41) is 2.50. The van der Waals surface area contributed by atoms with Crippen LogP contribution in [0.3, 0.4) is 0 Å². The van der Waals surface area contributed by atoms with Gasteiger partial charge in [0.25, 0.3) is 0 Å². The van der Waals surface area contributed by atoms with E-state index in [9.17, 15) is 21.6 Å². The molecule has 0 bridgehead atoms. The standard InChI is InChI=1S/C4H9F3N2O2S/c1-8-2-3-9-12(10,11)4(5,6)7/h8-9H,2-3H2,1H3. The summed E-state index contributed by atoms with van der Waals surface area (Å²) in [5.41, 5.74) is -5.22. The first-order chi connectivity index (χ1) is 5.31. The number of halogens is 3. The number of likely N-dealkylation sites (N-methyl/N-ethyl adjacent to an activating group) is 1. The molecule has 0 aromatic rings. The summed E-state index contributed by atoms with van der Waals surface area (Å²) in [6, 6.07) is 0. The first-order valence-electron chi connectivity index (χ1n) is 3.02. The van der Waals surface area contributed by atoms with Crippen molar-refractivity contribution in [2.75, 3.05) is 20.1 Å². The Balaban J connectivity index is 4.08. The van der Waals surface area contributed by atoms with Gasteiger partial charge in [-0.3, -0.25) is 0 Å². The molecule has 74 valence electrons. The summed E-state index contributed by atoms with van der Waals surface area (Å²) in [6.07, 6.45) is 0. The van der Waals surface area contributed by atoms with Crippen molar-refractivity contribution < 1.29 is 21.6 Å². The third-order valence-electron chi connectivity index (χ3n) is 0.972. The van der Waals surface area contributed by atoms with Crippen molar-refractivity contribution >= 4 is 10.0 Å². The lowest BCUT2D eigenvalue weighted by molar-refractivity contribution is -0.0447. The van der Waals surface area contributed by atoms with Crippen molar-refractivity contribution in [3.8, 4) is 0 Å². The molecule has 0 amide bonds. The molecule has 0 heterocycles. The van der Waals surface area contributed by atoms with Crippen molar-refractivity contribution in [3.63, 3.8) is 0 Å². The molecule has 0 saturated carbocycles. The molecule has 0 unspecified atom stereocenters. The Morgan fingerprint density at radius 1 is 1.25 bits per heavy atom. The van der Waals surface area contributed by atoms with Crippen LogP contribution in [0.4, 0.5) is 13.2 Å². The molecule has 0 rings (SSSR count). The lowest BCUT2D eigenvalue weighted by Gasteiger charge is -2.08. The molecule has 0 fully saturated rings. The van der Waals surface area contributed by atoms with E-state index >= 15 is 0 Å². The van der Waals surface area contributed by atoms with E-state index in [2.05, 4.69) is 5.32 Å². The van der Waals surface area contributed by atoms with Crippen LogP contribution >= 0.6 is 0 Å². The van der Waals surface area contributed by atoms with Crippen LogP contribution in [0, 0.1) is 0 Å². The first-order valence-corrected chi connectivity index (χ1v) is 4.50. The van der Waals surface area contributed by atoms with E-state index in [0.717, 1.165) is 0 Å². The lowest BCUT2D eigenvalue weighted by Crippen LogP contribution is -2.39. The summed E-state index contributed by atoms with van der Waals surface area (Å²) in [7, 11) is -3.66. The third kappa shape index (κ3) is 3.37. The Hall–Kier alpha value is -0.340. The Morgan fingerprint density at radius 2 is 1.75 bits per heavy atom. The molecule has 0 aromatic carbocycles. The third-order valence-corrected chi connectivity index (χ3v) is 2.17. The van der Waals surface area contributed by atoms with Crippen LogP contribution in [0.1, 0.15) is 0 Å². The molecule has 0 radical (unpaired) electrons. The number of hydrogen-bond donors (Lipinski definition) is 2. The van der Waals surface area contributed by atoms with Gasteiger partial charge in [-0.15, -0.1) is 0 Å². The Morgan fingerprint density at radius 3 is 2.08 bits per heavy atom. The van der Waals surface area contributed by atoms with Crippen LogP contribution in [-0.4, -0.2) is 34.1 Å². The SMILES string of the molecule is CNCCNS(=O)(=O)C(F)(F)F. The summed E-state index contributed by atoms with van der Waals surface area (Å²) in [6.45, 7) is -0.131. The maximum absolute atomic E-state index is 11.6. The minimum Gasteiger partial charge on any atom is -0.318 e. The minimum absolute atomic E-state index is 0.148. The molecular weight excluding hydrogens is 197 g/mol. The maximum atomic E-state index is 11.6. The monoisotopic (exact) mass is 206 g/mol. The quantitative estimate of drug-likeness (QED) is 0.618. The number of hydrogen-bond acceptors (Lipinski definition) is 3. The molecule has 0 aliphatic rings. The van der Waals surface area contributed by atoms with Gasteiger partial charge in [-0.05, 0) is 7.05 Å². The smallest absolute Gasteiger partial charge is 0.318 e. The summed E-state index contributed by atoms with van der Waals surface area (Å²) in [4.78, 5) is 0. The van der Waals surface area contributed by atoms with Crippen molar-refractivity contribution in [1.82, 2.24) is 10.0 Å². The maximum Gasteiger partial charge on any atom is 0.511 e. The molecule has 8 heteroatoms. The van der Waals surface area contributed by atoms with Crippen molar-refractivity contribution in [3.05, 3.63) is 0 Å². The van der Waals surface area contributed by atoms with Gasteiger partial charge in [-0.2, -0.15) is 13.2 Å². The second-order valence-electron chi connectivity index (χ2n) is 1.95.